The predicted molar refractivity (Wildman–Crippen MR) is 115 cm³/mol. The molecule has 0 aromatic carbocycles. The second kappa shape index (κ2) is 20.0. The van der Waals surface area contributed by atoms with Crippen molar-refractivity contribution in [2.45, 2.75) is 53.5 Å². The third kappa shape index (κ3) is 17.1. The average molecular weight is 501 g/mol. The molecule has 1 unspecified atom stereocenters. The molecule has 3 N–H and O–H groups in total. The number of nitrogens with one attached hydrogen (secondary N) is 3. The van der Waals surface area contributed by atoms with E-state index in [9.17, 15) is 14.4 Å². The molecule has 0 fully saturated rings. The van der Waals surface area contributed by atoms with E-state index in [1.165, 1.54) is 0 Å². The molecular formula is C18H36IN3O5. The molecule has 0 aliphatic carbocycles. The Hall–Kier alpha value is -0.780. The molecule has 0 aromatic rings. The second-order valence-electron chi connectivity index (χ2n) is 5.76. The zero-order valence-corrected chi connectivity index (χ0v) is 19.4. The predicted octanol–water partition coefficient (Wildman–Crippen LogP) is 1.61. The number of ether oxygens (including phenoxy) is 2. The minimum Gasteiger partial charge on any atom is -0.379 e. The summed E-state index contributed by atoms with van der Waals surface area (Å²) in [5.41, 5.74) is 0. The molecule has 27 heavy (non-hydrogen) atoms. The monoisotopic (exact) mass is 501 g/mol. The van der Waals surface area contributed by atoms with Crippen molar-refractivity contribution in [2.24, 2.45) is 5.92 Å². The highest BCUT2D eigenvalue weighted by Gasteiger charge is 2.24. The molecule has 9 heteroatoms. The lowest BCUT2D eigenvalue weighted by Crippen LogP contribution is -2.50. The van der Waals surface area contributed by atoms with Gasteiger partial charge in [0.2, 0.25) is 11.8 Å². The molecule has 1 atom stereocenters. The smallest absolute Gasteiger partial charge is 0.243 e. The van der Waals surface area contributed by atoms with Crippen LogP contribution in [0.15, 0.2) is 0 Å². The fraction of sp³-hybridized carbons (Fsp3) is 0.833. The number of hydrogen-bond acceptors (Lipinski definition) is 6. The van der Waals surface area contributed by atoms with E-state index in [2.05, 4.69) is 14.2 Å². The van der Waals surface area contributed by atoms with E-state index in [1.807, 2.05) is 50.6 Å². The first-order chi connectivity index (χ1) is 12.9. The molecule has 160 valence electrons. The summed E-state index contributed by atoms with van der Waals surface area (Å²) < 4.78 is 13.6. The van der Waals surface area contributed by atoms with Crippen molar-refractivity contribution in [3.8, 4) is 0 Å². The summed E-state index contributed by atoms with van der Waals surface area (Å²) in [4.78, 5) is 35.3. The van der Waals surface area contributed by atoms with Gasteiger partial charge in [-0.25, -0.2) is 0 Å². The molecule has 0 spiro atoms. The lowest BCUT2D eigenvalue weighted by Gasteiger charge is -2.21. The fourth-order valence-corrected chi connectivity index (χ4v) is 2.02. The van der Waals surface area contributed by atoms with Crippen LogP contribution in [-0.2, 0) is 23.9 Å². The van der Waals surface area contributed by atoms with Gasteiger partial charge in [-0.05, 0) is 5.92 Å². The first kappa shape index (κ1) is 28.4. The molecule has 0 radical (unpaired) electrons. The van der Waals surface area contributed by atoms with Crippen LogP contribution >= 0.6 is 22.9 Å². The Morgan fingerprint density at radius 1 is 1.00 bits per heavy atom. The van der Waals surface area contributed by atoms with Gasteiger partial charge in [-0.1, -0.05) is 34.6 Å². The van der Waals surface area contributed by atoms with Crippen LogP contribution in [-0.4, -0.2) is 63.2 Å². The Bertz CT molecular complexity index is 408. The van der Waals surface area contributed by atoms with Gasteiger partial charge in [0.25, 0.3) is 0 Å². The Labute approximate surface area is 177 Å². The molecule has 0 heterocycles. The zero-order valence-electron chi connectivity index (χ0n) is 17.2. The van der Waals surface area contributed by atoms with Gasteiger partial charge in [-0.2, -0.15) is 0 Å². The van der Waals surface area contributed by atoms with Crippen LogP contribution in [0.1, 0.15) is 47.5 Å². The van der Waals surface area contributed by atoms with Crippen molar-refractivity contribution in [1.82, 2.24) is 14.2 Å². The van der Waals surface area contributed by atoms with Gasteiger partial charge in [0, 0.05) is 42.3 Å². The average Bonchev–Trinajstić information content (AvgIpc) is 2.67. The minimum absolute atomic E-state index is 0.00931. The molecule has 0 saturated carbocycles. The number of hydrogen-bond donors (Lipinski definition) is 3. The van der Waals surface area contributed by atoms with E-state index < -0.39 is 6.04 Å². The maximum absolute atomic E-state index is 12.1. The molecule has 0 saturated heterocycles. The van der Waals surface area contributed by atoms with Crippen LogP contribution in [0.4, 0.5) is 0 Å². The number of carbonyl (C=O) groups excluding carboxylic acids is 3. The van der Waals surface area contributed by atoms with Crippen LogP contribution in [0.5, 0.6) is 0 Å². The zero-order chi connectivity index (χ0) is 21.1. The standard InChI is InChI=1S/C16H30IN3O5.C2H6/c1-4-13(21)11-18-16(23)15(12(2)3)20-14(22)5-7-24-9-10-25-8-6-19-17;1-2/h12,15,19H,4-11H2,1-3H3,(H,18,23)(H,20,22);1-2H3. The lowest BCUT2D eigenvalue weighted by molar-refractivity contribution is -0.131. The van der Waals surface area contributed by atoms with Crippen LogP contribution in [0, 0.1) is 5.92 Å². The van der Waals surface area contributed by atoms with Gasteiger partial charge in [-0.15, -0.1) is 0 Å². The highest BCUT2D eigenvalue weighted by Crippen LogP contribution is 2.02. The number of ketones is 1. The number of halogens is 1. The molecule has 0 bridgehead atoms. The van der Waals surface area contributed by atoms with E-state index >= 15 is 0 Å². The Morgan fingerprint density at radius 3 is 2.11 bits per heavy atom. The van der Waals surface area contributed by atoms with Crippen molar-refractivity contribution in [2.75, 3.05) is 39.5 Å². The third-order valence-corrected chi connectivity index (χ3v) is 3.85. The van der Waals surface area contributed by atoms with Crippen molar-refractivity contribution in [3.63, 3.8) is 0 Å². The molecule has 0 aliphatic rings. The van der Waals surface area contributed by atoms with Gasteiger partial charge < -0.3 is 20.1 Å². The van der Waals surface area contributed by atoms with E-state index in [4.69, 9.17) is 9.47 Å². The summed E-state index contributed by atoms with van der Waals surface area (Å²) in [6.07, 6.45) is 0.536. The quantitative estimate of drug-likeness (QED) is 0.179. The summed E-state index contributed by atoms with van der Waals surface area (Å²) in [5, 5.41) is 5.26. The van der Waals surface area contributed by atoms with Crippen molar-refractivity contribution in [1.29, 1.82) is 0 Å². The van der Waals surface area contributed by atoms with Crippen molar-refractivity contribution in [3.05, 3.63) is 0 Å². The number of rotatable bonds is 15. The van der Waals surface area contributed by atoms with Crippen LogP contribution < -0.4 is 14.2 Å². The van der Waals surface area contributed by atoms with Gasteiger partial charge >= 0.3 is 0 Å². The fourth-order valence-electron chi connectivity index (χ4n) is 1.80. The normalized spacial score (nSPS) is 11.4. The summed E-state index contributed by atoms with van der Waals surface area (Å²) in [6.45, 7) is 11.9. The van der Waals surface area contributed by atoms with Gasteiger partial charge in [0.1, 0.15) is 6.04 Å². The highest BCUT2D eigenvalue weighted by molar-refractivity contribution is 14.1. The van der Waals surface area contributed by atoms with Crippen molar-refractivity contribution >= 4 is 40.5 Å². The lowest BCUT2D eigenvalue weighted by atomic mass is 10.0. The van der Waals surface area contributed by atoms with E-state index in [0.29, 0.717) is 26.2 Å². The Morgan fingerprint density at radius 2 is 1.59 bits per heavy atom. The first-order valence-corrected chi connectivity index (χ1v) is 10.6. The molecule has 0 rings (SSSR count). The molecule has 0 aliphatic heterocycles. The molecule has 0 aromatic heterocycles. The Balaban J connectivity index is 0. The summed E-state index contributed by atoms with van der Waals surface area (Å²) >= 11 is 2.05. The van der Waals surface area contributed by atoms with Gasteiger partial charge in [-0.3, -0.25) is 17.9 Å². The number of amides is 2. The van der Waals surface area contributed by atoms with Crippen LogP contribution in [0.3, 0.4) is 0 Å². The largest absolute Gasteiger partial charge is 0.379 e. The summed E-state index contributed by atoms with van der Waals surface area (Å²) in [5.74, 6) is -0.734. The minimum atomic E-state index is -0.665. The number of Topliss-reactive ketones (excluding diaryl/α,β-unsaturated/α-hetero) is 1. The molecule has 2 amide bonds. The summed E-state index contributed by atoms with van der Waals surface area (Å²) in [7, 11) is 0. The van der Waals surface area contributed by atoms with E-state index in [-0.39, 0.29) is 43.1 Å². The second-order valence-corrected chi connectivity index (χ2v) is 6.52. The van der Waals surface area contributed by atoms with E-state index in [0.717, 1.165) is 6.54 Å². The van der Waals surface area contributed by atoms with E-state index in [1.54, 1.807) is 6.92 Å². The SMILES string of the molecule is CC.CCC(=O)CNC(=O)C(NC(=O)CCOCCOCCNI)C(C)C. The summed E-state index contributed by atoms with van der Waals surface area (Å²) in [6, 6.07) is -0.665. The van der Waals surface area contributed by atoms with Gasteiger partial charge in [0.05, 0.1) is 33.0 Å². The maximum Gasteiger partial charge on any atom is 0.243 e. The highest BCUT2D eigenvalue weighted by atomic mass is 127. The van der Waals surface area contributed by atoms with Crippen LogP contribution in [0.2, 0.25) is 0 Å². The van der Waals surface area contributed by atoms with Gasteiger partial charge in [0.15, 0.2) is 5.78 Å². The maximum atomic E-state index is 12.1. The first-order valence-electron chi connectivity index (χ1n) is 9.50. The topological polar surface area (TPSA) is 106 Å². The van der Waals surface area contributed by atoms with Crippen molar-refractivity contribution < 1.29 is 23.9 Å². The van der Waals surface area contributed by atoms with Crippen LogP contribution in [0.25, 0.3) is 0 Å². The molecular weight excluding hydrogens is 465 g/mol. The molecule has 8 nitrogen and oxygen atoms in total. The number of carbonyl (C=O) groups is 3. The third-order valence-electron chi connectivity index (χ3n) is 3.31. The Kier molecular flexibility index (Phi) is 21.0.